The number of nitrogens with zero attached hydrogens (tertiary/aromatic N) is 1. The summed E-state index contributed by atoms with van der Waals surface area (Å²) in [7, 11) is -3.22. The first-order valence-electron chi connectivity index (χ1n) is 8.95. The van der Waals surface area contributed by atoms with E-state index in [-0.39, 0.29) is 11.5 Å². The maximum Gasteiger partial charge on any atom is 0.344 e. The first-order chi connectivity index (χ1) is 13.8. The highest BCUT2D eigenvalue weighted by Gasteiger charge is 2.22. The Bertz CT molecular complexity index is 1100. The van der Waals surface area contributed by atoms with E-state index < -0.39 is 15.8 Å². The van der Waals surface area contributed by atoms with E-state index in [0.717, 1.165) is 5.56 Å². The zero-order valence-corrected chi connectivity index (χ0v) is 17.2. The molecule has 7 nitrogen and oxygen atoms in total. The average molecular weight is 415 g/mol. The van der Waals surface area contributed by atoms with Crippen LogP contribution in [-0.2, 0) is 21.2 Å². The second kappa shape index (κ2) is 8.48. The lowest BCUT2D eigenvalue weighted by Gasteiger charge is -2.08. The van der Waals surface area contributed by atoms with E-state index in [1.54, 1.807) is 62.4 Å². The van der Waals surface area contributed by atoms with Crippen molar-refractivity contribution in [3.8, 4) is 17.0 Å². The van der Waals surface area contributed by atoms with Crippen molar-refractivity contribution in [3.05, 3.63) is 65.4 Å². The SMILES string of the molecule is CCOC(=O)c1c(-c2ccc(OCc3ccc(S(C)(=O)=O)cc3)cc2)noc1C. The summed E-state index contributed by atoms with van der Waals surface area (Å²) in [6, 6.07) is 13.6. The van der Waals surface area contributed by atoms with E-state index in [2.05, 4.69) is 5.16 Å². The molecule has 3 aromatic rings. The van der Waals surface area contributed by atoms with Gasteiger partial charge < -0.3 is 14.0 Å². The number of benzene rings is 2. The molecule has 1 aromatic heterocycles. The molecule has 0 aliphatic heterocycles. The van der Waals surface area contributed by atoms with E-state index in [9.17, 15) is 13.2 Å². The Labute approximate surface area is 169 Å². The first kappa shape index (κ1) is 20.6. The molecule has 0 saturated carbocycles. The standard InChI is InChI=1S/C21H21NO6S/c1-4-26-21(23)19-14(2)28-22-20(19)16-7-9-17(10-8-16)27-13-15-5-11-18(12-6-15)29(3,24)25/h5-12H,4,13H2,1-3H3. The van der Waals surface area contributed by atoms with Gasteiger partial charge in [-0.3, -0.25) is 0 Å². The first-order valence-corrected chi connectivity index (χ1v) is 10.8. The minimum absolute atomic E-state index is 0.265. The summed E-state index contributed by atoms with van der Waals surface area (Å²) in [6.45, 7) is 3.96. The van der Waals surface area contributed by atoms with Crippen LogP contribution in [0, 0.1) is 6.92 Å². The quantitative estimate of drug-likeness (QED) is 0.541. The van der Waals surface area contributed by atoms with Crippen LogP contribution in [-0.4, -0.2) is 32.4 Å². The molecule has 29 heavy (non-hydrogen) atoms. The number of aryl methyl sites for hydroxylation is 1. The third-order valence-corrected chi connectivity index (χ3v) is 5.36. The topological polar surface area (TPSA) is 95.7 Å². The van der Waals surface area contributed by atoms with Crippen molar-refractivity contribution >= 4 is 15.8 Å². The lowest BCUT2D eigenvalue weighted by Crippen LogP contribution is -2.06. The van der Waals surface area contributed by atoms with Gasteiger partial charge >= 0.3 is 5.97 Å². The minimum Gasteiger partial charge on any atom is -0.489 e. The molecule has 1 heterocycles. The number of ether oxygens (including phenoxy) is 2. The lowest BCUT2D eigenvalue weighted by molar-refractivity contribution is 0.0525. The van der Waals surface area contributed by atoms with E-state index in [4.69, 9.17) is 14.0 Å². The normalized spacial score (nSPS) is 11.3. The van der Waals surface area contributed by atoms with Gasteiger partial charge in [0.25, 0.3) is 0 Å². The fourth-order valence-corrected chi connectivity index (χ4v) is 3.35. The molecule has 0 atom stereocenters. The van der Waals surface area contributed by atoms with Crippen LogP contribution in [0.1, 0.15) is 28.6 Å². The molecule has 0 amide bonds. The van der Waals surface area contributed by atoms with Crippen LogP contribution < -0.4 is 4.74 Å². The van der Waals surface area contributed by atoms with E-state index in [0.29, 0.717) is 34.9 Å². The molecule has 0 aliphatic carbocycles. The second-order valence-corrected chi connectivity index (χ2v) is 8.43. The summed E-state index contributed by atoms with van der Waals surface area (Å²) in [6.07, 6.45) is 1.17. The Morgan fingerprint density at radius 2 is 1.72 bits per heavy atom. The van der Waals surface area contributed by atoms with Gasteiger partial charge in [0.2, 0.25) is 0 Å². The Balaban J connectivity index is 1.71. The monoisotopic (exact) mass is 415 g/mol. The van der Waals surface area contributed by atoms with Gasteiger partial charge in [-0.25, -0.2) is 13.2 Å². The second-order valence-electron chi connectivity index (χ2n) is 6.41. The van der Waals surface area contributed by atoms with Crippen molar-refractivity contribution in [2.45, 2.75) is 25.3 Å². The van der Waals surface area contributed by atoms with E-state index >= 15 is 0 Å². The molecule has 8 heteroatoms. The molecule has 0 bridgehead atoms. The highest BCUT2D eigenvalue weighted by atomic mass is 32.2. The van der Waals surface area contributed by atoms with Gasteiger partial charge in [0, 0.05) is 11.8 Å². The summed E-state index contributed by atoms with van der Waals surface area (Å²) in [5, 5.41) is 3.97. The molecule has 0 aliphatic rings. The van der Waals surface area contributed by atoms with Crippen LogP contribution in [0.2, 0.25) is 0 Å². The highest BCUT2D eigenvalue weighted by Crippen LogP contribution is 2.28. The van der Waals surface area contributed by atoms with Gasteiger partial charge in [-0.2, -0.15) is 0 Å². The summed E-state index contributed by atoms with van der Waals surface area (Å²) >= 11 is 0. The molecule has 0 fully saturated rings. The number of esters is 1. The maximum atomic E-state index is 12.1. The van der Waals surface area contributed by atoms with Gasteiger partial charge in [-0.05, 0) is 55.8 Å². The van der Waals surface area contributed by atoms with Crippen LogP contribution in [0.3, 0.4) is 0 Å². The number of hydrogen-bond donors (Lipinski definition) is 0. The van der Waals surface area contributed by atoms with Crippen LogP contribution in [0.25, 0.3) is 11.3 Å². The van der Waals surface area contributed by atoms with Crippen molar-refractivity contribution in [2.24, 2.45) is 0 Å². The van der Waals surface area contributed by atoms with Crippen molar-refractivity contribution in [2.75, 3.05) is 12.9 Å². The van der Waals surface area contributed by atoms with Gasteiger partial charge in [0.1, 0.15) is 29.4 Å². The summed E-state index contributed by atoms with van der Waals surface area (Å²) in [4.78, 5) is 12.4. The van der Waals surface area contributed by atoms with Crippen LogP contribution in [0.5, 0.6) is 5.75 Å². The Kier molecular flexibility index (Phi) is 6.03. The highest BCUT2D eigenvalue weighted by molar-refractivity contribution is 7.90. The van der Waals surface area contributed by atoms with Crippen LogP contribution >= 0.6 is 0 Å². The predicted molar refractivity (Wildman–Crippen MR) is 107 cm³/mol. The summed E-state index contributed by atoms with van der Waals surface area (Å²) in [5.41, 5.74) is 2.28. The molecule has 0 saturated heterocycles. The van der Waals surface area contributed by atoms with Crippen molar-refractivity contribution in [1.29, 1.82) is 0 Å². The van der Waals surface area contributed by atoms with Gasteiger partial charge in [-0.15, -0.1) is 0 Å². The number of aromatic nitrogens is 1. The van der Waals surface area contributed by atoms with E-state index in [1.807, 2.05) is 0 Å². The smallest absolute Gasteiger partial charge is 0.344 e. The Morgan fingerprint density at radius 1 is 1.07 bits per heavy atom. The fraction of sp³-hybridized carbons (Fsp3) is 0.238. The summed E-state index contributed by atoms with van der Waals surface area (Å²) < 4.78 is 39.0. The van der Waals surface area contributed by atoms with Gasteiger partial charge in [0.15, 0.2) is 9.84 Å². The molecule has 0 spiro atoms. The number of carbonyl (C=O) groups excluding carboxylic acids is 1. The fourth-order valence-electron chi connectivity index (χ4n) is 2.72. The third kappa shape index (κ3) is 4.83. The van der Waals surface area contributed by atoms with Gasteiger partial charge in [0.05, 0.1) is 11.5 Å². The van der Waals surface area contributed by atoms with Crippen LogP contribution in [0.15, 0.2) is 57.9 Å². The maximum absolute atomic E-state index is 12.1. The predicted octanol–water partition coefficient (Wildman–Crippen LogP) is 3.81. The van der Waals surface area contributed by atoms with Crippen molar-refractivity contribution in [3.63, 3.8) is 0 Å². The molecular weight excluding hydrogens is 394 g/mol. The lowest BCUT2D eigenvalue weighted by atomic mass is 10.1. The van der Waals surface area contributed by atoms with Crippen LogP contribution in [0.4, 0.5) is 0 Å². The molecular formula is C21H21NO6S. The average Bonchev–Trinajstić information content (AvgIpc) is 3.08. The number of sulfone groups is 1. The largest absolute Gasteiger partial charge is 0.489 e. The third-order valence-electron chi connectivity index (χ3n) is 4.23. The molecule has 0 unspecified atom stereocenters. The molecule has 2 aromatic carbocycles. The zero-order chi connectivity index (χ0) is 21.0. The molecule has 3 rings (SSSR count). The number of hydrogen-bond acceptors (Lipinski definition) is 7. The Morgan fingerprint density at radius 3 is 2.31 bits per heavy atom. The summed E-state index contributed by atoms with van der Waals surface area (Å²) in [5.74, 6) is 0.550. The van der Waals surface area contributed by atoms with Crippen molar-refractivity contribution in [1.82, 2.24) is 5.16 Å². The van der Waals surface area contributed by atoms with E-state index in [1.165, 1.54) is 6.26 Å². The minimum atomic E-state index is -3.22. The van der Waals surface area contributed by atoms with Crippen molar-refractivity contribution < 1.29 is 27.2 Å². The Hall–Kier alpha value is -3.13. The molecule has 0 radical (unpaired) electrons. The number of rotatable bonds is 7. The van der Waals surface area contributed by atoms with Gasteiger partial charge in [-0.1, -0.05) is 17.3 Å². The molecule has 152 valence electrons. The number of carbonyl (C=O) groups is 1. The molecule has 0 N–H and O–H groups in total. The zero-order valence-electron chi connectivity index (χ0n) is 16.3.